The Morgan fingerprint density at radius 1 is 1.50 bits per heavy atom. The maximum Gasteiger partial charge on any atom is 0.416 e. The monoisotopic (exact) mass is 220 g/mol. The summed E-state index contributed by atoms with van der Waals surface area (Å²) >= 11 is 5.43. The molecule has 0 aliphatic heterocycles. The van der Waals surface area contributed by atoms with Gasteiger partial charge < -0.3 is 5.11 Å². The van der Waals surface area contributed by atoms with E-state index in [-0.39, 0.29) is 5.03 Å². The van der Waals surface area contributed by atoms with Crippen molar-refractivity contribution < 1.29 is 15.0 Å². The highest BCUT2D eigenvalue weighted by molar-refractivity contribution is 6.31. The number of nitrogens with zero attached hydrogens (tertiary/aromatic N) is 2. The third-order valence-electron chi connectivity index (χ3n) is 1.77. The molecule has 1 aliphatic rings. The molecule has 0 aromatic heterocycles. The number of nitro groups is 2. The number of hydrogen-bond donors (Lipinski definition) is 1. The Morgan fingerprint density at radius 2 is 2.07 bits per heavy atom. The minimum Gasteiger partial charge on any atom is -0.322 e. The van der Waals surface area contributed by atoms with Gasteiger partial charge in [0.15, 0.2) is 0 Å². The van der Waals surface area contributed by atoms with Crippen LogP contribution in [0.3, 0.4) is 0 Å². The van der Waals surface area contributed by atoms with E-state index < -0.39 is 27.7 Å². The lowest BCUT2D eigenvalue weighted by atomic mass is 10.0. The molecule has 1 rings (SSSR count). The molecule has 0 aromatic carbocycles. The Morgan fingerprint density at radius 3 is 2.50 bits per heavy atom. The molecule has 0 heterocycles. The van der Waals surface area contributed by atoms with Crippen molar-refractivity contribution in [3.05, 3.63) is 43.1 Å². The van der Waals surface area contributed by atoms with Crippen molar-refractivity contribution in [2.24, 2.45) is 0 Å². The first-order valence-corrected chi connectivity index (χ1v) is 3.85. The van der Waals surface area contributed by atoms with Gasteiger partial charge in [0.1, 0.15) is 0 Å². The molecular weight excluding hydrogens is 216 g/mol. The minimum absolute atomic E-state index is 0.00299. The van der Waals surface area contributed by atoms with Gasteiger partial charge in [-0.25, -0.2) is 0 Å². The number of hydrogen-bond acceptors (Lipinski definition) is 5. The van der Waals surface area contributed by atoms with Gasteiger partial charge in [-0.1, -0.05) is 17.7 Å². The summed E-state index contributed by atoms with van der Waals surface area (Å²) in [6, 6.07) is 0. The molecular formula is C6H5ClN2O5. The van der Waals surface area contributed by atoms with E-state index in [1.165, 1.54) is 0 Å². The first-order chi connectivity index (χ1) is 6.38. The van der Waals surface area contributed by atoms with Crippen molar-refractivity contribution in [1.82, 2.24) is 0 Å². The highest BCUT2D eigenvalue weighted by Crippen LogP contribution is 2.30. The van der Waals surface area contributed by atoms with Crippen LogP contribution in [0.1, 0.15) is 6.42 Å². The summed E-state index contributed by atoms with van der Waals surface area (Å²) < 4.78 is 0. The topological polar surface area (TPSA) is 107 Å². The van der Waals surface area contributed by atoms with E-state index in [1.807, 2.05) is 0 Å². The van der Waals surface area contributed by atoms with Gasteiger partial charge in [0, 0.05) is 11.1 Å². The molecule has 0 spiro atoms. The Kier molecular flexibility index (Phi) is 2.54. The maximum absolute atomic E-state index is 10.4. The highest BCUT2D eigenvalue weighted by atomic mass is 35.5. The van der Waals surface area contributed by atoms with Crippen LogP contribution < -0.4 is 0 Å². The van der Waals surface area contributed by atoms with Gasteiger partial charge in [0.25, 0.3) is 0 Å². The van der Waals surface area contributed by atoms with Crippen LogP contribution in [0.4, 0.5) is 0 Å². The summed E-state index contributed by atoms with van der Waals surface area (Å²) in [5.74, 6) is 0. The Bertz CT molecular complexity index is 363. The van der Waals surface area contributed by atoms with Crippen molar-refractivity contribution in [2.75, 3.05) is 0 Å². The van der Waals surface area contributed by atoms with Gasteiger partial charge >= 0.3 is 11.4 Å². The summed E-state index contributed by atoms with van der Waals surface area (Å²) in [6.45, 7) is 0. The van der Waals surface area contributed by atoms with E-state index in [4.69, 9.17) is 11.6 Å². The van der Waals surface area contributed by atoms with E-state index in [2.05, 4.69) is 0 Å². The third kappa shape index (κ3) is 1.59. The van der Waals surface area contributed by atoms with Crippen LogP contribution in [-0.4, -0.2) is 20.7 Å². The number of aliphatic hydroxyl groups is 1. The predicted molar refractivity (Wildman–Crippen MR) is 45.6 cm³/mol. The van der Waals surface area contributed by atoms with Gasteiger partial charge in [0.2, 0.25) is 0 Å². The van der Waals surface area contributed by atoms with Gasteiger partial charge in [-0.15, -0.1) is 0 Å². The van der Waals surface area contributed by atoms with Crippen LogP contribution in [0.2, 0.25) is 0 Å². The second-order valence-electron chi connectivity index (χ2n) is 2.65. The molecule has 1 aliphatic carbocycles. The molecule has 76 valence electrons. The molecule has 0 fully saturated rings. The number of halogens is 1. The molecule has 0 amide bonds. The first kappa shape index (κ1) is 10.6. The molecule has 0 saturated heterocycles. The average Bonchev–Trinajstić information content (AvgIpc) is 2.08. The van der Waals surface area contributed by atoms with Gasteiger partial charge in [0.05, 0.1) is 16.3 Å². The quantitative estimate of drug-likeness (QED) is 0.417. The van der Waals surface area contributed by atoms with E-state index in [1.54, 1.807) is 0 Å². The van der Waals surface area contributed by atoms with Crippen LogP contribution in [0.5, 0.6) is 0 Å². The summed E-state index contributed by atoms with van der Waals surface area (Å²) in [7, 11) is 0. The van der Waals surface area contributed by atoms with E-state index >= 15 is 0 Å². The summed E-state index contributed by atoms with van der Waals surface area (Å²) in [6.07, 6.45) is 1.41. The first-order valence-electron chi connectivity index (χ1n) is 3.47. The van der Waals surface area contributed by atoms with Crippen molar-refractivity contribution in [2.45, 2.75) is 12.1 Å². The van der Waals surface area contributed by atoms with Crippen LogP contribution in [0, 0.1) is 20.2 Å². The maximum atomic E-state index is 10.4. The van der Waals surface area contributed by atoms with Gasteiger partial charge in [-0.3, -0.25) is 20.2 Å². The lowest BCUT2D eigenvalue weighted by molar-refractivity contribution is -0.644. The molecule has 1 atom stereocenters. The number of rotatable bonds is 2. The lowest BCUT2D eigenvalue weighted by Crippen LogP contribution is -2.43. The van der Waals surface area contributed by atoms with Crippen molar-refractivity contribution in [3.63, 3.8) is 0 Å². The van der Waals surface area contributed by atoms with Gasteiger partial charge in [-0.05, 0) is 0 Å². The third-order valence-corrected chi connectivity index (χ3v) is 2.03. The Labute approximate surface area is 82.6 Å². The fourth-order valence-corrected chi connectivity index (χ4v) is 1.20. The fraction of sp³-hybridized carbons (Fsp3) is 0.333. The van der Waals surface area contributed by atoms with Crippen LogP contribution in [-0.2, 0) is 0 Å². The van der Waals surface area contributed by atoms with Gasteiger partial charge in [-0.2, -0.15) is 0 Å². The molecule has 7 nitrogen and oxygen atoms in total. The Hall–Kier alpha value is -1.47. The van der Waals surface area contributed by atoms with E-state index in [0.717, 1.165) is 12.2 Å². The number of allylic oxidation sites excluding steroid dienone is 2. The molecule has 0 aromatic rings. The molecule has 8 heteroatoms. The molecule has 14 heavy (non-hydrogen) atoms. The zero-order valence-electron chi connectivity index (χ0n) is 6.71. The smallest absolute Gasteiger partial charge is 0.322 e. The van der Waals surface area contributed by atoms with Crippen molar-refractivity contribution in [1.29, 1.82) is 0 Å². The lowest BCUT2D eigenvalue weighted by Gasteiger charge is -2.17. The van der Waals surface area contributed by atoms with E-state index in [9.17, 15) is 25.3 Å². The summed E-state index contributed by atoms with van der Waals surface area (Å²) in [5.41, 5.74) is -3.60. The fourth-order valence-electron chi connectivity index (χ4n) is 1.02. The zero-order chi connectivity index (χ0) is 10.9. The normalized spacial score (nSPS) is 26.4. The molecule has 0 saturated carbocycles. The summed E-state index contributed by atoms with van der Waals surface area (Å²) in [5, 5.41) is 30.2. The second-order valence-corrected chi connectivity index (χ2v) is 3.09. The molecule has 1 unspecified atom stereocenters. The average molecular weight is 221 g/mol. The van der Waals surface area contributed by atoms with Crippen LogP contribution in [0.15, 0.2) is 22.9 Å². The second kappa shape index (κ2) is 3.35. The highest BCUT2D eigenvalue weighted by Gasteiger charge is 2.54. The standard InChI is InChI=1S/C6H5ClN2O5/c7-4-1-2-6(10,9(13)14)5(3-4)8(11)12/h1,3,10H,2H2. The zero-order valence-corrected chi connectivity index (χ0v) is 7.47. The van der Waals surface area contributed by atoms with Crippen LogP contribution >= 0.6 is 11.6 Å². The molecule has 1 N–H and O–H groups in total. The SMILES string of the molecule is O=[N+]([O-])C1=CC(Cl)=CCC1(O)[N+](=O)[O-]. The molecule has 0 bridgehead atoms. The molecule has 0 radical (unpaired) electrons. The van der Waals surface area contributed by atoms with Crippen molar-refractivity contribution >= 4 is 11.6 Å². The summed E-state index contributed by atoms with van der Waals surface area (Å²) in [4.78, 5) is 18.7. The minimum atomic E-state index is -2.68. The predicted octanol–water partition coefficient (Wildman–Crippen LogP) is 0.639. The largest absolute Gasteiger partial charge is 0.416 e. The van der Waals surface area contributed by atoms with E-state index in [0.29, 0.717) is 0 Å². The Balaban J connectivity index is 3.20. The van der Waals surface area contributed by atoms with Crippen LogP contribution in [0.25, 0.3) is 0 Å². The van der Waals surface area contributed by atoms with Crippen molar-refractivity contribution in [3.8, 4) is 0 Å².